The smallest absolute Gasteiger partial charge is 0.252 e. The molecule has 0 radical (unpaired) electrons. The van der Waals surface area contributed by atoms with Gasteiger partial charge in [0.2, 0.25) is 5.95 Å². The Morgan fingerprint density at radius 3 is 2.50 bits per heavy atom. The standard InChI is InChI=1S/C29H49N7O2/c37-27(29(38)14-18-30-19-15-29)31-16-12-25-24(11-8-22-36(25)23-9-4-3-5-10-23)33-28-32-17-13-26(34-28)35-20-6-1-2-7-21-35/h13,17,23-25,30,38H,1-12,14-16,18-22H2,(H,31,37)(H,32,33,34)/t24-,25+/m0/s1. The van der Waals surface area contributed by atoms with Crippen molar-refractivity contribution in [2.75, 3.05) is 49.5 Å². The molecule has 2 atom stereocenters. The minimum atomic E-state index is -1.24. The number of nitrogens with zero attached hydrogens (tertiary/aromatic N) is 4. The van der Waals surface area contributed by atoms with Crippen molar-refractivity contribution in [1.29, 1.82) is 0 Å². The van der Waals surface area contributed by atoms with Gasteiger partial charge in [-0.25, -0.2) is 4.98 Å². The molecule has 4 N–H and O–H groups in total. The monoisotopic (exact) mass is 527 g/mol. The third kappa shape index (κ3) is 6.96. The first-order valence-corrected chi connectivity index (χ1v) is 15.4. The number of likely N-dealkylation sites (tertiary alicyclic amines) is 1. The van der Waals surface area contributed by atoms with Gasteiger partial charge in [0.05, 0.1) is 0 Å². The first-order valence-electron chi connectivity index (χ1n) is 15.4. The van der Waals surface area contributed by atoms with Crippen LogP contribution in [0.25, 0.3) is 0 Å². The Morgan fingerprint density at radius 2 is 1.74 bits per heavy atom. The van der Waals surface area contributed by atoms with Crippen molar-refractivity contribution >= 4 is 17.7 Å². The van der Waals surface area contributed by atoms with E-state index in [2.05, 4.69) is 30.7 Å². The zero-order chi connectivity index (χ0) is 26.2. The van der Waals surface area contributed by atoms with Crippen LogP contribution in [-0.2, 0) is 4.79 Å². The number of amides is 1. The molecule has 0 unspecified atom stereocenters. The van der Waals surface area contributed by atoms with Gasteiger partial charge in [-0.1, -0.05) is 32.1 Å². The molecule has 38 heavy (non-hydrogen) atoms. The first kappa shape index (κ1) is 27.6. The minimum absolute atomic E-state index is 0.211. The van der Waals surface area contributed by atoms with Crippen LogP contribution in [0.3, 0.4) is 0 Å². The summed E-state index contributed by atoms with van der Waals surface area (Å²) in [6.07, 6.45) is 17.5. The zero-order valence-corrected chi connectivity index (χ0v) is 23.2. The number of carbonyl (C=O) groups is 1. The molecule has 4 fully saturated rings. The molecule has 1 aromatic rings. The van der Waals surface area contributed by atoms with Gasteiger partial charge in [0.15, 0.2) is 0 Å². The van der Waals surface area contributed by atoms with Crippen LogP contribution in [0.15, 0.2) is 12.3 Å². The fourth-order valence-electron chi connectivity index (χ4n) is 7.11. The molecule has 0 aromatic carbocycles. The van der Waals surface area contributed by atoms with E-state index in [0.29, 0.717) is 44.6 Å². The van der Waals surface area contributed by atoms with Crippen LogP contribution < -0.4 is 20.9 Å². The second-order valence-corrected chi connectivity index (χ2v) is 12.0. The number of carbonyl (C=O) groups excluding carboxylic acids is 1. The predicted molar refractivity (Wildman–Crippen MR) is 151 cm³/mol. The van der Waals surface area contributed by atoms with Crippen LogP contribution in [0.1, 0.15) is 89.9 Å². The third-order valence-electron chi connectivity index (χ3n) is 9.33. The van der Waals surface area contributed by atoms with Crippen molar-refractivity contribution < 1.29 is 9.90 Å². The maximum Gasteiger partial charge on any atom is 0.252 e. The highest BCUT2D eigenvalue weighted by atomic mass is 16.3. The molecule has 212 valence electrons. The third-order valence-corrected chi connectivity index (χ3v) is 9.33. The summed E-state index contributed by atoms with van der Waals surface area (Å²) in [6.45, 7) is 5.20. The molecule has 4 aliphatic rings. The summed E-state index contributed by atoms with van der Waals surface area (Å²) in [6, 6.07) is 3.21. The van der Waals surface area contributed by atoms with E-state index in [-0.39, 0.29) is 11.9 Å². The molecule has 4 heterocycles. The Labute approximate surface area is 228 Å². The van der Waals surface area contributed by atoms with Gasteiger partial charge in [-0.3, -0.25) is 9.69 Å². The van der Waals surface area contributed by atoms with Gasteiger partial charge in [-0.15, -0.1) is 0 Å². The highest BCUT2D eigenvalue weighted by Crippen LogP contribution is 2.31. The average molecular weight is 528 g/mol. The fourth-order valence-corrected chi connectivity index (χ4v) is 7.11. The number of nitrogens with one attached hydrogen (secondary N) is 3. The normalized spacial score (nSPS) is 27.4. The number of anilines is 2. The topological polar surface area (TPSA) is 106 Å². The lowest BCUT2D eigenvalue weighted by Gasteiger charge is -2.47. The Hall–Kier alpha value is -1.97. The van der Waals surface area contributed by atoms with Gasteiger partial charge in [-0.05, 0) is 83.5 Å². The number of rotatable bonds is 8. The molecular formula is C29H49N7O2. The van der Waals surface area contributed by atoms with Crippen molar-refractivity contribution in [3.63, 3.8) is 0 Å². The maximum absolute atomic E-state index is 12.9. The summed E-state index contributed by atoms with van der Waals surface area (Å²) < 4.78 is 0. The molecule has 0 bridgehead atoms. The quantitative estimate of drug-likeness (QED) is 0.409. The molecule has 1 saturated carbocycles. The molecule has 3 aliphatic heterocycles. The Kier molecular flexibility index (Phi) is 9.73. The number of aromatic nitrogens is 2. The van der Waals surface area contributed by atoms with Gasteiger partial charge in [-0.2, -0.15) is 4.98 Å². The lowest BCUT2D eigenvalue weighted by Crippen LogP contribution is -2.57. The largest absolute Gasteiger partial charge is 0.380 e. The van der Waals surface area contributed by atoms with E-state index >= 15 is 0 Å². The first-order chi connectivity index (χ1) is 18.6. The Bertz CT molecular complexity index is 879. The van der Waals surface area contributed by atoms with Crippen LogP contribution in [0.4, 0.5) is 11.8 Å². The number of aliphatic hydroxyl groups is 1. The van der Waals surface area contributed by atoms with Crippen LogP contribution in [0, 0.1) is 0 Å². The van der Waals surface area contributed by atoms with Crippen molar-refractivity contribution in [1.82, 2.24) is 25.5 Å². The van der Waals surface area contributed by atoms with Crippen molar-refractivity contribution in [2.45, 2.75) is 114 Å². The predicted octanol–water partition coefficient (Wildman–Crippen LogP) is 3.06. The van der Waals surface area contributed by atoms with Crippen molar-refractivity contribution in [3.8, 4) is 0 Å². The summed E-state index contributed by atoms with van der Waals surface area (Å²) in [5.41, 5.74) is -1.24. The molecule has 5 rings (SSSR count). The molecular weight excluding hydrogens is 478 g/mol. The van der Waals surface area contributed by atoms with E-state index in [1.54, 1.807) is 0 Å². The lowest BCUT2D eigenvalue weighted by atomic mass is 9.87. The van der Waals surface area contributed by atoms with E-state index in [1.165, 1.54) is 57.8 Å². The second-order valence-electron chi connectivity index (χ2n) is 12.0. The number of hydrogen-bond acceptors (Lipinski definition) is 8. The molecule has 1 aromatic heterocycles. The fraction of sp³-hybridized carbons (Fsp3) is 0.828. The lowest BCUT2D eigenvalue weighted by molar-refractivity contribution is -0.142. The molecule has 1 amide bonds. The van der Waals surface area contributed by atoms with E-state index in [0.717, 1.165) is 50.7 Å². The van der Waals surface area contributed by atoms with Gasteiger partial charge in [0.1, 0.15) is 11.4 Å². The summed E-state index contributed by atoms with van der Waals surface area (Å²) in [5, 5.41) is 20.9. The Morgan fingerprint density at radius 1 is 1.00 bits per heavy atom. The minimum Gasteiger partial charge on any atom is -0.380 e. The van der Waals surface area contributed by atoms with Crippen LogP contribution in [0.2, 0.25) is 0 Å². The highest BCUT2D eigenvalue weighted by Gasteiger charge is 2.39. The summed E-state index contributed by atoms with van der Waals surface area (Å²) in [4.78, 5) is 27.6. The van der Waals surface area contributed by atoms with Gasteiger partial charge < -0.3 is 26.0 Å². The molecule has 0 spiro atoms. The number of piperidine rings is 2. The SMILES string of the molecule is O=C(NCC[C@@H]1[C@@H](Nc2nccc(N3CCCCCC3)n2)CCCN1C1CCCCC1)C1(O)CCNCC1. The van der Waals surface area contributed by atoms with E-state index in [4.69, 9.17) is 4.98 Å². The summed E-state index contributed by atoms with van der Waals surface area (Å²) in [5.74, 6) is 1.54. The zero-order valence-electron chi connectivity index (χ0n) is 23.2. The van der Waals surface area contributed by atoms with Crippen LogP contribution in [0.5, 0.6) is 0 Å². The second kappa shape index (κ2) is 13.4. The highest BCUT2D eigenvalue weighted by molar-refractivity contribution is 5.85. The van der Waals surface area contributed by atoms with E-state index < -0.39 is 5.60 Å². The number of hydrogen-bond donors (Lipinski definition) is 4. The van der Waals surface area contributed by atoms with Crippen molar-refractivity contribution in [2.24, 2.45) is 0 Å². The van der Waals surface area contributed by atoms with Crippen LogP contribution in [-0.4, -0.2) is 88.9 Å². The van der Waals surface area contributed by atoms with Gasteiger partial charge in [0.25, 0.3) is 5.91 Å². The van der Waals surface area contributed by atoms with E-state index in [9.17, 15) is 9.90 Å². The van der Waals surface area contributed by atoms with Gasteiger partial charge in [0, 0.05) is 44.0 Å². The van der Waals surface area contributed by atoms with Gasteiger partial charge >= 0.3 is 0 Å². The summed E-state index contributed by atoms with van der Waals surface area (Å²) in [7, 11) is 0. The van der Waals surface area contributed by atoms with Crippen LogP contribution >= 0.6 is 0 Å². The molecule has 3 saturated heterocycles. The molecule has 9 heteroatoms. The average Bonchev–Trinajstić information content (AvgIpc) is 3.25. The van der Waals surface area contributed by atoms with E-state index in [1.807, 2.05) is 12.3 Å². The Balaban J connectivity index is 1.26. The molecule has 1 aliphatic carbocycles. The molecule has 9 nitrogen and oxygen atoms in total. The summed E-state index contributed by atoms with van der Waals surface area (Å²) >= 11 is 0. The van der Waals surface area contributed by atoms with Crippen molar-refractivity contribution in [3.05, 3.63) is 12.3 Å². The maximum atomic E-state index is 12.9.